The molecule has 110 valence electrons. The van der Waals surface area contributed by atoms with Gasteiger partial charge in [0.1, 0.15) is 0 Å². The highest BCUT2D eigenvalue weighted by Crippen LogP contribution is 2.38. The van der Waals surface area contributed by atoms with Crippen LogP contribution >= 0.6 is 11.3 Å². The molecule has 0 aliphatic heterocycles. The average molecular weight is 302 g/mol. The van der Waals surface area contributed by atoms with Crippen molar-refractivity contribution in [1.29, 1.82) is 0 Å². The zero-order valence-corrected chi connectivity index (χ0v) is 12.9. The van der Waals surface area contributed by atoms with Gasteiger partial charge in [0.15, 0.2) is 5.01 Å². The van der Waals surface area contributed by atoms with E-state index < -0.39 is 0 Å². The van der Waals surface area contributed by atoms with Crippen LogP contribution in [0.3, 0.4) is 0 Å². The van der Waals surface area contributed by atoms with E-state index in [4.69, 9.17) is 0 Å². The molecule has 0 bridgehead atoms. The van der Waals surface area contributed by atoms with E-state index >= 15 is 0 Å². The zero-order valence-electron chi connectivity index (χ0n) is 12.1. The monoisotopic (exact) mass is 302 g/mol. The second-order valence-corrected chi connectivity index (χ2v) is 6.71. The molecule has 0 aromatic carbocycles. The Morgan fingerprint density at radius 1 is 1.38 bits per heavy atom. The van der Waals surface area contributed by atoms with Crippen molar-refractivity contribution in [1.82, 2.24) is 14.8 Å². The van der Waals surface area contributed by atoms with E-state index in [1.807, 2.05) is 11.5 Å². The van der Waals surface area contributed by atoms with Gasteiger partial charge in [-0.15, -0.1) is 10.2 Å². The fourth-order valence-electron chi connectivity index (χ4n) is 3.10. The summed E-state index contributed by atoms with van der Waals surface area (Å²) in [5.41, 5.74) is 3.45. The number of hydrogen-bond donors (Lipinski definition) is 1. The van der Waals surface area contributed by atoms with Crippen LogP contribution in [0.1, 0.15) is 43.5 Å². The summed E-state index contributed by atoms with van der Waals surface area (Å²) in [7, 11) is 0. The molecule has 0 atom stereocenters. The summed E-state index contributed by atoms with van der Waals surface area (Å²) in [5.74, 6) is 0. The zero-order chi connectivity index (χ0) is 14.4. The van der Waals surface area contributed by atoms with Crippen molar-refractivity contribution >= 4 is 16.5 Å². The second-order valence-electron chi connectivity index (χ2n) is 5.73. The van der Waals surface area contributed by atoms with E-state index in [1.165, 1.54) is 22.6 Å². The lowest BCUT2D eigenvalue weighted by Gasteiger charge is -2.12. The SMILES string of the molecule is CCNc1nnc(-c2cc3c(n(C4CC4)c2=O)CCC3)s1. The molecular formula is C15H18N4OS. The summed E-state index contributed by atoms with van der Waals surface area (Å²) in [6.07, 6.45) is 5.54. The third-order valence-electron chi connectivity index (χ3n) is 4.18. The summed E-state index contributed by atoms with van der Waals surface area (Å²) >= 11 is 1.46. The minimum Gasteiger partial charge on any atom is -0.360 e. The van der Waals surface area contributed by atoms with Gasteiger partial charge >= 0.3 is 0 Å². The van der Waals surface area contributed by atoms with Gasteiger partial charge in [-0.25, -0.2) is 0 Å². The lowest BCUT2D eigenvalue weighted by atomic mass is 10.1. The Labute approximate surface area is 127 Å². The molecule has 2 aliphatic carbocycles. The summed E-state index contributed by atoms with van der Waals surface area (Å²) in [4.78, 5) is 12.9. The van der Waals surface area contributed by atoms with Gasteiger partial charge in [0.05, 0.1) is 5.56 Å². The lowest BCUT2D eigenvalue weighted by Crippen LogP contribution is -2.24. The summed E-state index contributed by atoms with van der Waals surface area (Å²) in [5, 5.41) is 13.0. The number of aryl methyl sites for hydroxylation is 1. The molecule has 2 aromatic rings. The van der Waals surface area contributed by atoms with E-state index in [1.54, 1.807) is 0 Å². The first kappa shape index (κ1) is 13.0. The van der Waals surface area contributed by atoms with E-state index in [0.29, 0.717) is 6.04 Å². The number of rotatable bonds is 4. The van der Waals surface area contributed by atoms with Gasteiger partial charge in [0, 0.05) is 18.3 Å². The Morgan fingerprint density at radius 3 is 3.00 bits per heavy atom. The number of anilines is 1. The van der Waals surface area contributed by atoms with Gasteiger partial charge < -0.3 is 9.88 Å². The van der Waals surface area contributed by atoms with Gasteiger partial charge in [-0.2, -0.15) is 0 Å². The maximum Gasteiger partial charge on any atom is 0.261 e. The molecule has 5 nitrogen and oxygen atoms in total. The first-order valence-electron chi connectivity index (χ1n) is 7.63. The smallest absolute Gasteiger partial charge is 0.261 e. The topological polar surface area (TPSA) is 59.8 Å². The Bertz CT molecular complexity index is 745. The van der Waals surface area contributed by atoms with Crippen LogP contribution in [0.4, 0.5) is 5.13 Å². The molecule has 21 heavy (non-hydrogen) atoms. The molecule has 1 saturated carbocycles. The Kier molecular flexibility index (Phi) is 3.06. The van der Waals surface area contributed by atoms with Crippen LogP contribution in [-0.2, 0) is 12.8 Å². The van der Waals surface area contributed by atoms with Crippen LogP contribution in [0, 0.1) is 0 Å². The number of nitrogens with one attached hydrogen (secondary N) is 1. The van der Waals surface area contributed by atoms with Gasteiger partial charge in [0.25, 0.3) is 5.56 Å². The number of fused-ring (bicyclic) bond motifs is 1. The highest BCUT2D eigenvalue weighted by molar-refractivity contribution is 7.18. The predicted octanol–water partition coefficient (Wildman–Crippen LogP) is 2.62. The van der Waals surface area contributed by atoms with Gasteiger partial charge in [-0.1, -0.05) is 11.3 Å². The Balaban J connectivity index is 1.85. The van der Waals surface area contributed by atoms with Crippen molar-refractivity contribution in [3.63, 3.8) is 0 Å². The molecule has 6 heteroatoms. The number of pyridine rings is 1. The maximum atomic E-state index is 12.9. The number of hydrogen-bond acceptors (Lipinski definition) is 5. The maximum absolute atomic E-state index is 12.9. The molecule has 0 spiro atoms. The number of nitrogens with zero attached hydrogens (tertiary/aromatic N) is 3. The molecule has 0 saturated heterocycles. The fourth-order valence-corrected chi connectivity index (χ4v) is 3.92. The molecule has 4 rings (SSSR count). The fraction of sp³-hybridized carbons (Fsp3) is 0.533. The van der Waals surface area contributed by atoms with Crippen LogP contribution in [0.5, 0.6) is 0 Å². The van der Waals surface area contributed by atoms with Crippen molar-refractivity contribution in [2.75, 3.05) is 11.9 Å². The third kappa shape index (κ3) is 2.18. The quantitative estimate of drug-likeness (QED) is 0.943. The van der Waals surface area contributed by atoms with Crippen molar-refractivity contribution in [2.24, 2.45) is 0 Å². The molecule has 2 heterocycles. The van der Waals surface area contributed by atoms with Gasteiger partial charge in [-0.05, 0) is 50.7 Å². The molecule has 0 radical (unpaired) electrons. The molecule has 2 aromatic heterocycles. The van der Waals surface area contributed by atoms with E-state index in [9.17, 15) is 4.79 Å². The predicted molar refractivity (Wildman–Crippen MR) is 84.1 cm³/mol. The van der Waals surface area contributed by atoms with Crippen LogP contribution < -0.4 is 10.9 Å². The number of aromatic nitrogens is 3. The van der Waals surface area contributed by atoms with Crippen LogP contribution in [-0.4, -0.2) is 21.3 Å². The highest BCUT2D eigenvalue weighted by Gasteiger charge is 2.31. The van der Waals surface area contributed by atoms with Crippen LogP contribution in [0.25, 0.3) is 10.6 Å². The first-order chi connectivity index (χ1) is 10.3. The minimum atomic E-state index is 0.123. The van der Waals surface area contributed by atoms with Gasteiger partial charge in [-0.3, -0.25) is 4.79 Å². The Morgan fingerprint density at radius 2 is 2.24 bits per heavy atom. The largest absolute Gasteiger partial charge is 0.360 e. The van der Waals surface area contributed by atoms with E-state index in [-0.39, 0.29) is 5.56 Å². The van der Waals surface area contributed by atoms with Crippen molar-refractivity contribution in [3.8, 4) is 10.6 Å². The minimum absolute atomic E-state index is 0.123. The van der Waals surface area contributed by atoms with Crippen molar-refractivity contribution in [3.05, 3.63) is 27.7 Å². The van der Waals surface area contributed by atoms with Gasteiger partial charge in [0.2, 0.25) is 5.13 Å². The first-order valence-corrected chi connectivity index (χ1v) is 8.44. The van der Waals surface area contributed by atoms with Crippen LogP contribution in [0.2, 0.25) is 0 Å². The second kappa shape index (κ2) is 4.94. The Hall–Kier alpha value is -1.69. The van der Waals surface area contributed by atoms with E-state index in [2.05, 4.69) is 21.6 Å². The normalized spacial score (nSPS) is 17.0. The van der Waals surface area contributed by atoms with Crippen molar-refractivity contribution < 1.29 is 0 Å². The molecule has 1 fully saturated rings. The standard InChI is InChI=1S/C15H18N4OS/c1-2-16-15-18-17-13(21-15)11-8-9-4-3-5-12(9)19(14(11)20)10-6-7-10/h8,10H,2-7H2,1H3,(H,16,18). The molecule has 0 amide bonds. The lowest BCUT2D eigenvalue weighted by molar-refractivity contribution is 0.666. The molecule has 2 aliphatic rings. The molecule has 0 unspecified atom stereocenters. The van der Waals surface area contributed by atoms with E-state index in [0.717, 1.165) is 54.4 Å². The van der Waals surface area contributed by atoms with Crippen LogP contribution in [0.15, 0.2) is 10.9 Å². The highest BCUT2D eigenvalue weighted by atomic mass is 32.1. The third-order valence-corrected chi connectivity index (χ3v) is 5.10. The van der Waals surface area contributed by atoms with Crippen molar-refractivity contribution in [2.45, 2.75) is 45.1 Å². The summed E-state index contributed by atoms with van der Waals surface area (Å²) in [6.45, 7) is 2.83. The summed E-state index contributed by atoms with van der Waals surface area (Å²) in [6, 6.07) is 2.48. The molecular weight excluding hydrogens is 284 g/mol. The summed E-state index contributed by atoms with van der Waals surface area (Å²) < 4.78 is 2.05. The average Bonchev–Trinajstić information content (AvgIpc) is 3.01. The molecule has 1 N–H and O–H groups in total.